The van der Waals surface area contributed by atoms with Gasteiger partial charge in [-0.15, -0.1) is 0 Å². The number of nitrogens with two attached hydrogens (primary N) is 1. The van der Waals surface area contributed by atoms with Gasteiger partial charge < -0.3 is 10.6 Å². The lowest BCUT2D eigenvalue weighted by atomic mass is 9.90. The second-order valence-corrected chi connectivity index (χ2v) is 9.13. The van der Waals surface area contributed by atoms with Gasteiger partial charge in [-0.05, 0) is 67.8 Å². The summed E-state index contributed by atoms with van der Waals surface area (Å²) in [7, 11) is 0. The molecule has 3 heterocycles. The summed E-state index contributed by atoms with van der Waals surface area (Å²) in [6.45, 7) is 4.10. The largest absolute Gasteiger partial charge is 0.330 e. The molecule has 1 aromatic carbocycles. The number of hydrogen-bond acceptors (Lipinski definition) is 5. The highest BCUT2D eigenvalue weighted by atomic mass is 16.2. The third-order valence-corrected chi connectivity index (χ3v) is 7.53. The zero-order valence-electron chi connectivity index (χ0n) is 16.7. The fraction of sp³-hybridized carbons (Fsp3) is 0.591. The molecule has 2 unspecified atom stereocenters. The lowest BCUT2D eigenvalue weighted by Gasteiger charge is -2.33. The Morgan fingerprint density at radius 2 is 1.97 bits per heavy atom. The summed E-state index contributed by atoms with van der Waals surface area (Å²) >= 11 is 0. The Kier molecular flexibility index (Phi) is 4.47. The van der Waals surface area contributed by atoms with Crippen LogP contribution in [-0.2, 0) is 22.7 Å². The van der Waals surface area contributed by atoms with E-state index in [1.165, 1.54) is 19.3 Å². The maximum Gasteiger partial charge on any atom is 0.255 e. The molecule has 2 atom stereocenters. The predicted octanol–water partition coefficient (Wildman–Crippen LogP) is 1.01. The van der Waals surface area contributed by atoms with Crippen LogP contribution in [0.1, 0.15) is 53.6 Å². The number of rotatable bonds is 4. The SMILES string of the molecule is NCC1CC12CCN(Cc1cccc3c1C(=O)N(C1CCC(=O)NC1=O)C3)CC2. The van der Waals surface area contributed by atoms with Crippen molar-refractivity contribution in [3.63, 3.8) is 0 Å². The minimum Gasteiger partial charge on any atom is -0.330 e. The second-order valence-electron chi connectivity index (χ2n) is 9.13. The quantitative estimate of drug-likeness (QED) is 0.741. The Balaban J connectivity index is 1.29. The summed E-state index contributed by atoms with van der Waals surface area (Å²) < 4.78 is 0. The predicted molar refractivity (Wildman–Crippen MR) is 107 cm³/mol. The van der Waals surface area contributed by atoms with Crippen LogP contribution in [0.5, 0.6) is 0 Å². The molecule has 7 nitrogen and oxygen atoms in total. The number of hydrogen-bond donors (Lipinski definition) is 2. The lowest BCUT2D eigenvalue weighted by Crippen LogP contribution is -2.52. The number of benzene rings is 1. The van der Waals surface area contributed by atoms with Gasteiger partial charge in [-0.1, -0.05) is 18.2 Å². The van der Waals surface area contributed by atoms with Gasteiger partial charge in [-0.25, -0.2) is 0 Å². The van der Waals surface area contributed by atoms with E-state index in [9.17, 15) is 14.4 Å². The summed E-state index contributed by atoms with van der Waals surface area (Å²) in [6.07, 6.45) is 4.34. The van der Waals surface area contributed by atoms with Crippen molar-refractivity contribution in [1.29, 1.82) is 0 Å². The van der Waals surface area contributed by atoms with Crippen LogP contribution in [0, 0.1) is 11.3 Å². The Labute approximate surface area is 170 Å². The average Bonchev–Trinajstić information content (AvgIpc) is 3.29. The standard InChI is InChI=1S/C22H28N4O3/c23-11-16-10-22(16)6-8-25(9-7-22)12-14-2-1-3-15-13-26(21(29)19(14)15)17-4-5-18(27)24-20(17)28/h1-3,16-17H,4-13,23H2,(H,24,27,28). The first-order valence-corrected chi connectivity index (χ1v) is 10.7. The van der Waals surface area contributed by atoms with Gasteiger partial charge in [0.15, 0.2) is 0 Å². The number of carbonyl (C=O) groups excluding carboxylic acids is 3. The third-order valence-electron chi connectivity index (χ3n) is 7.53. The van der Waals surface area contributed by atoms with E-state index in [-0.39, 0.29) is 24.1 Å². The maximum absolute atomic E-state index is 13.2. The van der Waals surface area contributed by atoms with E-state index < -0.39 is 6.04 Å². The van der Waals surface area contributed by atoms with Gasteiger partial charge in [0.25, 0.3) is 5.91 Å². The van der Waals surface area contributed by atoms with E-state index in [1.54, 1.807) is 4.90 Å². The molecule has 0 radical (unpaired) electrons. The summed E-state index contributed by atoms with van der Waals surface area (Å²) in [4.78, 5) is 41.0. The van der Waals surface area contributed by atoms with Crippen LogP contribution in [0.15, 0.2) is 18.2 Å². The molecule has 1 aliphatic carbocycles. The molecule has 3 N–H and O–H groups in total. The number of fused-ring (bicyclic) bond motifs is 1. The topological polar surface area (TPSA) is 95.7 Å². The normalized spacial score (nSPS) is 28.6. The number of piperidine rings is 2. The van der Waals surface area contributed by atoms with Gasteiger partial charge in [0.1, 0.15) is 6.04 Å². The molecule has 0 bridgehead atoms. The van der Waals surface area contributed by atoms with E-state index in [1.807, 2.05) is 18.2 Å². The summed E-state index contributed by atoms with van der Waals surface area (Å²) in [6, 6.07) is 5.46. The fourth-order valence-electron chi connectivity index (χ4n) is 5.60. The average molecular weight is 396 g/mol. The summed E-state index contributed by atoms with van der Waals surface area (Å²) in [5.74, 6) is 0.00827. The molecule has 0 aromatic heterocycles. The van der Waals surface area contributed by atoms with Gasteiger partial charge >= 0.3 is 0 Å². The van der Waals surface area contributed by atoms with Gasteiger partial charge in [0.2, 0.25) is 11.8 Å². The first kappa shape index (κ1) is 18.8. The Bertz CT molecular complexity index is 875. The molecule has 5 rings (SSSR count). The van der Waals surface area contributed by atoms with Crippen molar-refractivity contribution in [1.82, 2.24) is 15.1 Å². The highest BCUT2D eigenvalue weighted by Crippen LogP contribution is 2.58. The molecule has 1 aromatic rings. The van der Waals surface area contributed by atoms with Crippen molar-refractivity contribution >= 4 is 17.7 Å². The number of imide groups is 1. The summed E-state index contributed by atoms with van der Waals surface area (Å²) in [5, 5.41) is 2.37. The van der Waals surface area contributed by atoms with Crippen LogP contribution in [0.4, 0.5) is 0 Å². The van der Waals surface area contributed by atoms with Crippen molar-refractivity contribution in [2.24, 2.45) is 17.1 Å². The van der Waals surface area contributed by atoms with Crippen molar-refractivity contribution in [2.75, 3.05) is 19.6 Å². The van der Waals surface area contributed by atoms with E-state index in [4.69, 9.17) is 5.73 Å². The molecular weight excluding hydrogens is 368 g/mol. The first-order chi connectivity index (χ1) is 14.0. The summed E-state index contributed by atoms with van der Waals surface area (Å²) in [5.41, 5.74) is 9.13. The molecule has 3 fully saturated rings. The van der Waals surface area contributed by atoms with Crippen LogP contribution in [0.25, 0.3) is 0 Å². The zero-order chi connectivity index (χ0) is 20.2. The molecule has 3 aliphatic heterocycles. The molecule has 2 saturated heterocycles. The lowest BCUT2D eigenvalue weighted by molar-refractivity contribution is -0.136. The van der Waals surface area contributed by atoms with Gasteiger partial charge in [-0.2, -0.15) is 0 Å². The minimum atomic E-state index is -0.557. The fourth-order valence-corrected chi connectivity index (χ4v) is 5.60. The Morgan fingerprint density at radius 3 is 2.66 bits per heavy atom. The van der Waals surface area contributed by atoms with Gasteiger partial charge in [0.05, 0.1) is 0 Å². The molecular formula is C22H28N4O3. The van der Waals surface area contributed by atoms with Gasteiger partial charge in [-0.3, -0.25) is 24.6 Å². The molecule has 29 heavy (non-hydrogen) atoms. The smallest absolute Gasteiger partial charge is 0.255 e. The van der Waals surface area contributed by atoms with E-state index in [2.05, 4.69) is 10.2 Å². The third kappa shape index (κ3) is 3.16. The molecule has 154 valence electrons. The van der Waals surface area contributed by atoms with Gasteiger partial charge in [0, 0.05) is 25.1 Å². The maximum atomic E-state index is 13.2. The zero-order valence-corrected chi connectivity index (χ0v) is 16.7. The number of nitrogens with zero attached hydrogens (tertiary/aromatic N) is 2. The molecule has 1 saturated carbocycles. The molecule has 7 heteroatoms. The number of carbonyl (C=O) groups is 3. The van der Waals surface area contributed by atoms with Crippen LogP contribution < -0.4 is 11.1 Å². The van der Waals surface area contributed by atoms with Crippen molar-refractivity contribution < 1.29 is 14.4 Å². The second kappa shape index (κ2) is 6.92. The molecule has 3 amide bonds. The van der Waals surface area contributed by atoms with Crippen molar-refractivity contribution in [2.45, 2.75) is 51.2 Å². The van der Waals surface area contributed by atoms with Crippen LogP contribution in [0.2, 0.25) is 0 Å². The highest BCUT2D eigenvalue weighted by molar-refractivity contribution is 6.05. The monoisotopic (exact) mass is 396 g/mol. The van der Waals surface area contributed by atoms with E-state index in [0.717, 1.165) is 42.9 Å². The van der Waals surface area contributed by atoms with Crippen molar-refractivity contribution in [3.05, 3.63) is 34.9 Å². The highest BCUT2D eigenvalue weighted by Gasteiger charge is 2.53. The van der Waals surface area contributed by atoms with Crippen LogP contribution in [-0.4, -0.2) is 53.2 Å². The Hall–Kier alpha value is -2.25. The molecule has 1 spiro atoms. The van der Waals surface area contributed by atoms with E-state index in [0.29, 0.717) is 24.3 Å². The minimum absolute atomic E-state index is 0.0797. The number of nitrogens with one attached hydrogen (secondary N) is 1. The van der Waals surface area contributed by atoms with Crippen molar-refractivity contribution in [3.8, 4) is 0 Å². The van der Waals surface area contributed by atoms with Crippen LogP contribution in [0.3, 0.4) is 0 Å². The van der Waals surface area contributed by atoms with Crippen LogP contribution >= 0.6 is 0 Å². The number of likely N-dealkylation sites (tertiary alicyclic amines) is 1. The molecule has 4 aliphatic rings. The van der Waals surface area contributed by atoms with E-state index >= 15 is 0 Å². The first-order valence-electron chi connectivity index (χ1n) is 10.7. The Morgan fingerprint density at radius 1 is 1.17 bits per heavy atom. The number of amides is 3.